The second kappa shape index (κ2) is 10.3. The summed E-state index contributed by atoms with van der Waals surface area (Å²) in [6, 6.07) is 22.8. The molecule has 3 aromatic carbocycles. The molecule has 0 aliphatic carbocycles. The summed E-state index contributed by atoms with van der Waals surface area (Å²) in [5, 5.41) is 15.9. The van der Waals surface area contributed by atoms with Crippen molar-refractivity contribution in [2.75, 3.05) is 23.3 Å². The van der Waals surface area contributed by atoms with Crippen LogP contribution in [0.15, 0.2) is 97.8 Å². The maximum Gasteiger partial charge on any atom is 0.138 e. The van der Waals surface area contributed by atoms with E-state index in [9.17, 15) is 5.11 Å². The molecule has 36 heavy (non-hydrogen) atoms. The van der Waals surface area contributed by atoms with Crippen LogP contribution >= 0.6 is 11.6 Å². The van der Waals surface area contributed by atoms with Crippen molar-refractivity contribution in [3.8, 4) is 0 Å². The van der Waals surface area contributed by atoms with E-state index in [1.54, 1.807) is 0 Å². The van der Waals surface area contributed by atoms with Crippen molar-refractivity contribution < 1.29 is 5.11 Å². The molecule has 0 unspecified atom stereocenters. The summed E-state index contributed by atoms with van der Waals surface area (Å²) in [5.41, 5.74) is 4.61. The molecule has 4 aromatic rings. The number of rotatable bonds is 8. The van der Waals surface area contributed by atoms with Crippen LogP contribution < -0.4 is 10.2 Å². The van der Waals surface area contributed by atoms with Crippen LogP contribution in [0.5, 0.6) is 0 Å². The molecule has 0 amide bonds. The van der Waals surface area contributed by atoms with Crippen LogP contribution in [0.4, 0.5) is 11.5 Å². The fourth-order valence-corrected chi connectivity index (χ4v) is 4.60. The third-order valence-electron chi connectivity index (χ3n) is 6.19. The van der Waals surface area contributed by atoms with Crippen molar-refractivity contribution in [3.05, 3.63) is 125 Å². The predicted molar refractivity (Wildman–Crippen MR) is 150 cm³/mol. The summed E-state index contributed by atoms with van der Waals surface area (Å²) in [5.74, 6) is 1.42. The average molecular weight is 495 g/mol. The molecule has 0 bridgehead atoms. The third-order valence-corrected chi connectivity index (χ3v) is 6.50. The second-order valence-corrected chi connectivity index (χ2v) is 9.25. The average Bonchev–Trinajstić information content (AvgIpc) is 3.41. The van der Waals surface area contributed by atoms with E-state index in [0.717, 1.165) is 41.4 Å². The predicted octanol–water partition coefficient (Wildman–Crippen LogP) is 6.95. The van der Waals surface area contributed by atoms with Crippen molar-refractivity contribution in [3.63, 3.8) is 0 Å². The van der Waals surface area contributed by atoms with Gasteiger partial charge >= 0.3 is 0 Å². The maximum absolute atomic E-state index is 9.75. The smallest absolute Gasteiger partial charge is 0.138 e. The minimum absolute atomic E-state index is 0.0371. The summed E-state index contributed by atoms with van der Waals surface area (Å²) in [6.07, 6.45) is 4.95. The zero-order valence-electron chi connectivity index (χ0n) is 19.9. The van der Waals surface area contributed by atoms with Gasteiger partial charge in [-0.1, -0.05) is 85.4 Å². The summed E-state index contributed by atoms with van der Waals surface area (Å²) in [4.78, 5) is 11.4. The highest BCUT2D eigenvalue weighted by Crippen LogP contribution is 2.29. The van der Waals surface area contributed by atoms with Gasteiger partial charge in [-0.25, -0.2) is 9.97 Å². The van der Waals surface area contributed by atoms with E-state index >= 15 is 0 Å². The SMILES string of the molecule is C=C(O)Cc1c(Cl)nc(Cc2ccc(NC(=C)c3ccc4ccccc4c3)cc2)nc1N1CC=CC1. The first-order chi connectivity index (χ1) is 17.5. The van der Waals surface area contributed by atoms with E-state index in [0.29, 0.717) is 23.0 Å². The monoisotopic (exact) mass is 494 g/mol. The van der Waals surface area contributed by atoms with Crippen molar-refractivity contribution in [1.29, 1.82) is 0 Å². The van der Waals surface area contributed by atoms with Crippen LogP contribution in [0.25, 0.3) is 16.5 Å². The Morgan fingerprint density at radius 1 is 0.944 bits per heavy atom. The van der Waals surface area contributed by atoms with Crippen molar-refractivity contribution in [2.45, 2.75) is 12.8 Å². The number of anilines is 2. The lowest BCUT2D eigenvalue weighted by molar-refractivity contribution is 0.401. The van der Waals surface area contributed by atoms with Crippen LogP contribution in [0.2, 0.25) is 5.15 Å². The lowest BCUT2D eigenvalue weighted by Crippen LogP contribution is -2.23. The Balaban J connectivity index is 1.31. The number of fused-ring (bicyclic) bond motifs is 1. The number of nitrogens with zero attached hydrogens (tertiary/aromatic N) is 3. The molecule has 0 fully saturated rings. The van der Waals surface area contributed by atoms with Gasteiger partial charge < -0.3 is 15.3 Å². The van der Waals surface area contributed by atoms with Gasteiger partial charge in [-0.15, -0.1) is 0 Å². The molecule has 180 valence electrons. The van der Waals surface area contributed by atoms with Crippen LogP contribution in [-0.2, 0) is 12.8 Å². The highest BCUT2D eigenvalue weighted by molar-refractivity contribution is 6.30. The molecular formula is C30H27ClN4O. The first kappa shape index (κ1) is 23.6. The summed E-state index contributed by atoms with van der Waals surface area (Å²) >= 11 is 6.53. The summed E-state index contributed by atoms with van der Waals surface area (Å²) < 4.78 is 0. The van der Waals surface area contributed by atoms with Gasteiger partial charge in [0.2, 0.25) is 0 Å². The number of aliphatic hydroxyl groups is 1. The quantitative estimate of drug-likeness (QED) is 0.158. The zero-order valence-corrected chi connectivity index (χ0v) is 20.7. The molecule has 1 aromatic heterocycles. The first-order valence-corrected chi connectivity index (χ1v) is 12.2. The molecule has 2 heterocycles. The fourth-order valence-electron chi connectivity index (χ4n) is 4.35. The molecule has 0 atom stereocenters. The van der Waals surface area contributed by atoms with Crippen molar-refractivity contribution >= 4 is 39.6 Å². The van der Waals surface area contributed by atoms with Crippen molar-refractivity contribution in [2.24, 2.45) is 0 Å². The first-order valence-electron chi connectivity index (χ1n) is 11.8. The lowest BCUT2D eigenvalue weighted by Gasteiger charge is -2.21. The minimum Gasteiger partial charge on any atom is -0.513 e. The minimum atomic E-state index is 0.0371. The van der Waals surface area contributed by atoms with Gasteiger partial charge in [0.25, 0.3) is 0 Å². The van der Waals surface area contributed by atoms with Gasteiger partial charge in [-0.2, -0.15) is 0 Å². The molecular weight excluding hydrogens is 468 g/mol. The summed E-state index contributed by atoms with van der Waals surface area (Å²) in [7, 11) is 0. The van der Waals surface area contributed by atoms with Crippen molar-refractivity contribution in [1.82, 2.24) is 9.97 Å². The van der Waals surface area contributed by atoms with Gasteiger partial charge in [0.05, 0.1) is 5.76 Å². The molecule has 5 nitrogen and oxygen atoms in total. The Bertz CT molecular complexity index is 1470. The van der Waals surface area contributed by atoms with E-state index in [1.807, 2.05) is 36.4 Å². The lowest BCUT2D eigenvalue weighted by atomic mass is 10.1. The Hall–Kier alpha value is -4.09. The van der Waals surface area contributed by atoms with Gasteiger partial charge in [0.15, 0.2) is 0 Å². The van der Waals surface area contributed by atoms with E-state index in [2.05, 4.69) is 70.8 Å². The Kier molecular flexibility index (Phi) is 6.74. The van der Waals surface area contributed by atoms with Gasteiger partial charge in [0, 0.05) is 42.9 Å². The standard InChI is InChI=1S/C30H27ClN4O/c1-20(36)17-27-29(31)33-28(34-30(27)35-15-5-6-16-35)18-22-9-13-26(14-10-22)32-21(2)24-12-11-23-7-3-4-8-25(23)19-24/h3-14,19,32,36H,1-2,15-18H2. The number of benzene rings is 3. The zero-order chi connectivity index (χ0) is 25.1. The molecule has 1 aliphatic heterocycles. The largest absolute Gasteiger partial charge is 0.513 e. The van der Waals surface area contributed by atoms with Crippen LogP contribution in [0, 0.1) is 0 Å². The maximum atomic E-state index is 9.75. The third kappa shape index (κ3) is 5.26. The molecule has 1 aliphatic rings. The molecule has 0 radical (unpaired) electrons. The molecule has 2 N–H and O–H groups in total. The van der Waals surface area contributed by atoms with Gasteiger partial charge in [0.1, 0.15) is 16.8 Å². The highest BCUT2D eigenvalue weighted by atomic mass is 35.5. The number of hydrogen-bond donors (Lipinski definition) is 2. The Morgan fingerprint density at radius 2 is 1.67 bits per heavy atom. The van der Waals surface area contributed by atoms with E-state index in [1.165, 1.54) is 10.8 Å². The number of hydrogen-bond acceptors (Lipinski definition) is 5. The Morgan fingerprint density at radius 3 is 2.39 bits per heavy atom. The number of aliphatic hydroxyl groups excluding tert-OH is 1. The normalized spacial score (nSPS) is 12.8. The number of aromatic nitrogens is 2. The van der Waals surface area contributed by atoms with E-state index < -0.39 is 0 Å². The van der Waals surface area contributed by atoms with Crippen LogP contribution in [-0.4, -0.2) is 28.2 Å². The second-order valence-electron chi connectivity index (χ2n) is 8.89. The molecule has 0 spiro atoms. The van der Waals surface area contributed by atoms with Crippen LogP contribution in [0.1, 0.15) is 22.5 Å². The molecule has 0 saturated heterocycles. The number of nitrogens with one attached hydrogen (secondary N) is 1. The number of halogens is 1. The molecule has 5 rings (SSSR count). The molecule has 6 heteroatoms. The summed E-state index contributed by atoms with van der Waals surface area (Å²) in [6.45, 7) is 9.33. The topological polar surface area (TPSA) is 61.3 Å². The van der Waals surface area contributed by atoms with E-state index in [4.69, 9.17) is 16.6 Å². The van der Waals surface area contributed by atoms with Gasteiger partial charge in [-0.05, 0) is 40.1 Å². The number of allylic oxidation sites excluding steroid dienone is 1. The highest BCUT2D eigenvalue weighted by Gasteiger charge is 2.20. The molecule has 0 saturated carbocycles. The van der Waals surface area contributed by atoms with E-state index in [-0.39, 0.29) is 12.2 Å². The Labute approximate surface area is 216 Å². The van der Waals surface area contributed by atoms with Gasteiger partial charge in [-0.3, -0.25) is 0 Å². The fraction of sp³-hybridized carbons (Fsp3) is 0.133. The van der Waals surface area contributed by atoms with Crippen LogP contribution in [0.3, 0.4) is 0 Å².